The molecular weight excluding hydrogens is 478 g/mol. The van der Waals surface area contributed by atoms with Crippen LogP contribution in [-0.2, 0) is 16.1 Å². The SMILES string of the molecule is CCOc1cc(CN(C)C(=O)CN2C(=O)COc3cc(Br)ccc32)ccc1OC(F)F. The molecule has 10 heteroatoms. The van der Waals surface area contributed by atoms with Crippen LogP contribution in [0.5, 0.6) is 17.2 Å². The van der Waals surface area contributed by atoms with Gasteiger partial charge in [0.25, 0.3) is 5.91 Å². The van der Waals surface area contributed by atoms with Crippen LogP contribution in [0.1, 0.15) is 12.5 Å². The van der Waals surface area contributed by atoms with E-state index in [4.69, 9.17) is 9.47 Å². The van der Waals surface area contributed by atoms with Gasteiger partial charge in [0.2, 0.25) is 5.91 Å². The Balaban J connectivity index is 1.71. The largest absolute Gasteiger partial charge is 0.490 e. The van der Waals surface area contributed by atoms with Gasteiger partial charge in [-0.3, -0.25) is 14.5 Å². The number of ether oxygens (including phenoxy) is 3. The van der Waals surface area contributed by atoms with E-state index in [9.17, 15) is 18.4 Å². The van der Waals surface area contributed by atoms with E-state index in [1.807, 2.05) is 0 Å². The third-order valence-electron chi connectivity index (χ3n) is 4.53. The van der Waals surface area contributed by atoms with Crippen LogP contribution >= 0.6 is 15.9 Å². The number of carbonyl (C=O) groups is 2. The van der Waals surface area contributed by atoms with Crippen LogP contribution in [0.2, 0.25) is 0 Å². The zero-order valence-electron chi connectivity index (χ0n) is 16.9. The summed E-state index contributed by atoms with van der Waals surface area (Å²) >= 11 is 3.35. The van der Waals surface area contributed by atoms with Crippen molar-refractivity contribution in [2.45, 2.75) is 20.1 Å². The number of alkyl halides is 2. The highest BCUT2D eigenvalue weighted by atomic mass is 79.9. The van der Waals surface area contributed by atoms with Crippen molar-refractivity contribution in [3.05, 3.63) is 46.4 Å². The second-order valence-electron chi connectivity index (χ2n) is 6.72. The summed E-state index contributed by atoms with van der Waals surface area (Å²) in [7, 11) is 1.60. The molecule has 166 valence electrons. The maximum Gasteiger partial charge on any atom is 0.387 e. The molecule has 0 unspecified atom stereocenters. The van der Waals surface area contributed by atoms with Crippen LogP contribution < -0.4 is 19.1 Å². The number of hydrogen-bond acceptors (Lipinski definition) is 5. The fraction of sp³-hybridized carbons (Fsp3) is 0.333. The van der Waals surface area contributed by atoms with Crippen LogP contribution in [0, 0.1) is 0 Å². The molecule has 0 radical (unpaired) electrons. The van der Waals surface area contributed by atoms with Crippen molar-refractivity contribution in [2.75, 3.05) is 31.7 Å². The van der Waals surface area contributed by atoms with Gasteiger partial charge in [-0.1, -0.05) is 22.0 Å². The highest BCUT2D eigenvalue weighted by Crippen LogP contribution is 2.34. The fourth-order valence-corrected chi connectivity index (χ4v) is 3.42. The van der Waals surface area contributed by atoms with E-state index in [1.54, 1.807) is 44.3 Å². The molecule has 0 fully saturated rings. The number of amides is 2. The van der Waals surface area contributed by atoms with Gasteiger partial charge in [-0.25, -0.2) is 0 Å². The average molecular weight is 499 g/mol. The number of fused-ring (bicyclic) bond motifs is 1. The quantitative estimate of drug-likeness (QED) is 0.553. The lowest BCUT2D eigenvalue weighted by atomic mass is 10.2. The van der Waals surface area contributed by atoms with Gasteiger partial charge in [0.15, 0.2) is 18.1 Å². The Morgan fingerprint density at radius 2 is 2.03 bits per heavy atom. The maximum absolute atomic E-state index is 12.8. The average Bonchev–Trinajstić information content (AvgIpc) is 2.71. The van der Waals surface area contributed by atoms with Gasteiger partial charge in [0.1, 0.15) is 12.3 Å². The van der Waals surface area contributed by atoms with Gasteiger partial charge in [-0.05, 0) is 42.8 Å². The van der Waals surface area contributed by atoms with E-state index in [2.05, 4.69) is 20.7 Å². The highest BCUT2D eigenvalue weighted by Gasteiger charge is 2.28. The molecule has 7 nitrogen and oxygen atoms in total. The summed E-state index contributed by atoms with van der Waals surface area (Å²) in [5, 5.41) is 0. The van der Waals surface area contributed by atoms with E-state index in [0.717, 1.165) is 4.47 Å². The Bertz CT molecular complexity index is 973. The molecule has 1 heterocycles. The molecule has 3 rings (SSSR count). The molecule has 0 saturated heterocycles. The molecule has 0 saturated carbocycles. The second-order valence-corrected chi connectivity index (χ2v) is 7.64. The number of benzene rings is 2. The van der Waals surface area contributed by atoms with Crippen molar-refractivity contribution < 1.29 is 32.6 Å². The van der Waals surface area contributed by atoms with Crippen LogP contribution in [0.25, 0.3) is 0 Å². The zero-order chi connectivity index (χ0) is 22.5. The van der Waals surface area contributed by atoms with Crippen molar-refractivity contribution >= 4 is 33.4 Å². The number of halogens is 3. The Morgan fingerprint density at radius 1 is 1.26 bits per heavy atom. The minimum absolute atomic E-state index is 0.0729. The van der Waals surface area contributed by atoms with Crippen LogP contribution in [0.15, 0.2) is 40.9 Å². The number of likely N-dealkylation sites (N-methyl/N-ethyl adjacent to an activating group) is 1. The number of carbonyl (C=O) groups excluding carboxylic acids is 2. The molecule has 2 aromatic rings. The lowest BCUT2D eigenvalue weighted by Gasteiger charge is -2.30. The van der Waals surface area contributed by atoms with Gasteiger partial charge in [0.05, 0.1) is 12.3 Å². The van der Waals surface area contributed by atoms with E-state index in [0.29, 0.717) is 17.0 Å². The van der Waals surface area contributed by atoms with Gasteiger partial charge < -0.3 is 19.1 Å². The molecular formula is C21H21BrF2N2O5. The Morgan fingerprint density at radius 3 is 2.74 bits per heavy atom. The molecule has 2 amide bonds. The van der Waals surface area contributed by atoms with Gasteiger partial charge in [0, 0.05) is 18.1 Å². The molecule has 31 heavy (non-hydrogen) atoms. The number of anilines is 1. The van der Waals surface area contributed by atoms with E-state index >= 15 is 0 Å². The first-order valence-corrected chi connectivity index (χ1v) is 10.2. The van der Waals surface area contributed by atoms with Gasteiger partial charge in [-0.15, -0.1) is 0 Å². The van der Waals surface area contributed by atoms with Crippen molar-refractivity contribution in [1.82, 2.24) is 4.90 Å². The zero-order valence-corrected chi connectivity index (χ0v) is 18.5. The van der Waals surface area contributed by atoms with Crippen molar-refractivity contribution in [3.8, 4) is 17.2 Å². The van der Waals surface area contributed by atoms with Crippen LogP contribution in [-0.4, -0.2) is 50.1 Å². The lowest BCUT2D eigenvalue weighted by Crippen LogP contribution is -2.45. The van der Waals surface area contributed by atoms with Crippen LogP contribution in [0.4, 0.5) is 14.5 Å². The molecule has 1 aliphatic rings. The fourth-order valence-electron chi connectivity index (χ4n) is 3.08. The predicted octanol–water partition coefficient (Wildman–Crippen LogP) is 3.83. The van der Waals surface area contributed by atoms with Crippen molar-refractivity contribution in [2.24, 2.45) is 0 Å². The summed E-state index contributed by atoms with van der Waals surface area (Å²) in [6, 6.07) is 9.72. The number of hydrogen-bond donors (Lipinski definition) is 0. The first-order valence-electron chi connectivity index (χ1n) is 9.45. The standard InChI is InChI=1S/C21H21BrF2N2O5/c1-3-29-18-8-13(4-7-16(18)31-21(23)24)10-25(2)19(27)11-26-15-6-5-14(22)9-17(15)30-12-20(26)28/h4-9,21H,3,10-12H2,1-2H3. The van der Waals surface area contributed by atoms with Crippen molar-refractivity contribution in [1.29, 1.82) is 0 Å². The first kappa shape index (κ1) is 22.8. The minimum atomic E-state index is -2.97. The smallest absolute Gasteiger partial charge is 0.387 e. The van der Waals surface area contributed by atoms with E-state index < -0.39 is 6.61 Å². The lowest BCUT2D eigenvalue weighted by molar-refractivity contribution is -0.131. The van der Waals surface area contributed by atoms with E-state index in [-0.39, 0.29) is 49.6 Å². The molecule has 0 spiro atoms. The summed E-state index contributed by atoms with van der Waals surface area (Å²) in [6.07, 6.45) is 0. The third-order valence-corrected chi connectivity index (χ3v) is 5.02. The molecule has 0 aromatic heterocycles. The molecule has 0 aliphatic carbocycles. The molecule has 0 N–H and O–H groups in total. The van der Waals surface area contributed by atoms with Gasteiger partial charge >= 0.3 is 6.61 Å². The Labute approximate surface area is 186 Å². The first-order chi connectivity index (χ1) is 14.8. The predicted molar refractivity (Wildman–Crippen MR) is 113 cm³/mol. The van der Waals surface area contributed by atoms with E-state index in [1.165, 1.54) is 15.9 Å². The minimum Gasteiger partial charge on any atom is -0.490 e. The Hall–Kier alpha value is -2.88. The summed E-state index contributed by atoms with van der Waals surface area (Å²) in [4.78, 5) is 27.9. The highest BCUT2D eigenvalue weighted by molar-refractivity contribution is 9.10. The summed E-state index contributed by atoms with van der Waals surface area (Å²) in [6.45, 7) is -1.08. The Kier molecular flexibility index (Phi) is 7.32. The molecule has 2 aromatic carbocycles. The molecule has 0 bridgehead atoms. The number of rotatable bonds is 8. The molecule has 1 aliphatic heterocycles. The maximum atomic E-state index is 12.8. The summed E-state index contributed by atoms with van der Waals surface area (Å²) in [5.41, 5.74) is 1.19. The van der Waals surface area contributed by atoms with Crippen LogP contribution in [0.3, 0.4) is 0 Å². The summed E-state index contributed by atoms with van der Waals surface area (Å²) in [5.74, 6) is -0.000588. The third kappa shape index (κ3) is 5.63. The number of nitrogens with zero attached hydrogens (tertiary/aromatic N) is 2. The molecule has 0 atom stereocenters. The van der Waals surface area contributed by atoms with Gasteiger partial charge in [-0.2, -0.15) is 8.78 Å². The second kappa shape index (κ2) is 9.95. The normalized spacial score (nSPS) is 13.0. The van der Waals surface area contributed by atoms with Crippen molar-refractivity contribution in [3.63, 3.8) is 0 Å². The topological polar surface area (TPSA) is 68.3 Å². The summed E-state index contributed by atoms with van der Waals surface area (Å²) < 4.78 is 41.2. The monoisotopic (exact) mass is 498 g/mol.